The Morgan fingerprint density at radius 3 is 1.29 bits per heavy atom. The molecule has 0 saturated carbocycles. The van der Waals surface area contributed by atoms with Crippen molar-refractivity contribution < 1.29 is 31.8 Å². The molecule has 0 N–H and O–H groups in total. The number of alkyl halides is 1. The van der Waals surface area contributed by atoms with Gasteiger partial charge in [0.15, 0.2) is 0 Å². The Kier molecular flexibility index (Phi) is 14.7. The molecule has 0 amide bonds. The highest BCUT2D eigenvalue weighted by Gasteiger charge is 2.27. The fourth-order valence-electron chi connectivity index (χ4n) is 6.21. The van der Waals surface area contributed by atoms with Gasteiger partial charge in [-0.15, -0.1) is 6.58 Å². The van der Waals surface area contributed by atoms with Crippen LogP contribution in [0.4, 0.5) is 17.6 Å². The minimum Gasteiger partial charge on any atom is -0.490 e. The van der Waals surface area contributed by atoms with Gasteiger partial charge in [-0.05, 0) is 76.7 Å². The fourth-order valence-corrected chi connectivity index (χ4v) is 6.21. The molecule has 0 spiro atoms. The third-order valence-electron chi connectivity index (χ3n) is 9.30. The van der Waals surface area contributed by atoms with Crippen LogP contribution in [0.25, 0.3) is 22.3 Å². The van der Waals surface area contributed by atoms with Crippen molar-refractivity contribution in [2.45, 2.75) is 19.0 Å². The second-order valence-corrected chi connectivity index (χ2v) is 14.0. The maximum absolute atomic E-state index is 14.0. The lowest BCUT2D eigenvalue weighted by Crippen LogP contribution is -2.07. The van der Waals surface area contributed by atoms with Gasteiger partial charge in [-0.3, -0.25) is 0 Å². The molecule has 0 saturated heterocycles. The number of rotatable bonds is 10. The van der Waals surface area contributed by atoms with Gasteiger partial charge in [-0.2, -0.15) is 0 Å². The van der Waals surface area contributed by atoms with Crippen molar-refractivity contribution in [1.82, 2.24) is 0 Å². The molecule has 0 fully saturated rings. The molecule has 8 rings (SSSR count). The molecular formula is C49H41BrF4N2O3. The number of hydrogen-bond donors (Lipinski definition) is 0. The number of nitrogens with zero attached hydrogens (tertiary/aromatic N) is 2. The van der Waals surface area contributed by atoms with E-state index in [0.717, 1.165) is 44.5 Å². The van der Waals surface area contributed by atoms with Crippen molar-refractivity contribution in [1.29, 1.82) is 0 Å². The van der Waals surface area contributed by atoms with Crippen molar-refractivity contribution in [3.8, 4) is 28.0 Å². The van der Waals surface area contributed by atoms with Crippen LogP contribution in [-0.2, 0) is 9.47 Å². The van der Waals surface area contributed by atoms with E-state index < -0.39 is 23.3 Å². The number of aliphatic imine (C=N–C) groups is 2. The van der Waals surface area contributed by atoms with Gasteiger partial charge < -0.3 is 14.2 Å². The van der Waals surface area contributed by atoms with E-state index in [1.165, 1.54) is 42.0 Å². The highest BCUT2D eigenvalue weighted by Crippen LogP contribution is 2.31. The topological polar surface area (TPSA) is 52.4 Å². The number of hydrogen-bond acceptors (Lipinski definition) is 5. The molecule has 0 aliphatic carbocycles. The average molecular weight is 862 g/mol. The quantitative estimate of drug-likeness (QED) is 0.0783. The second kappa shape index (κ2) is 20.4. The molecule has 6 aromatic carbocycles. The van der Waals surface area contributed by atoms with Crippen LogP contribution in [0, 0.1) is 30.2 Å². The Labute approximate surface area is 350 Å². The third-order valence-corrected chi connectivity index (χ3v) is 9.75. The molecule has 2 atom stereocenters. The lowest BCUT2D eigenvalue weighted by atomic mass is 10.0. The summed E-state index contributed by atoms with van der Waals surface area (Å²) in [5.41, 5.74) is 7.03. The summed E-state index contributed by atoms with van der Waals surface area (Å²) in [5.74, 6) is -1.88. The van der Waals surface area contributed by atoms with E-state index in [9.17, 15) is 17.6 Å². The molecule has 10 heteroatoms. The fraction of sp³-hybridized carbons (Fsp3) is 0.143. The predicted molar refractivity (Wildman–Crippen MR) is 231 cm³/mol. The Balaban J connectivity index is 0.000000183. The first-order valence-electron chi connectivity index (χ1n) is 18.8. The number of aryl methyl sites for hydroxylation is 1. The lowest BCUT2D eigenvalue weighted by molar-refractivity contribution is 0.317. The van der Waals surface area contributed by atoms with Crippen LogP contribution in [-0.4, -0.2) is 36.9 Å². The first-order valence-corrected chi connectivity index (χ1v) is 19.9. The molecule has 2 unspecified atom stereocenters. The van der Waals surface area contributed by atoms with Crippen molar-refractivity contribution in [2.24, 2.45) is 9.98 Å². The summed E-state index contributed by atoms with van der Waals surface area (Å²) in [6, 6.07) is 38.9. The molecule has 0 radical (unpaired) electrons. The second-order valence-electron chi connectivity index (χ2n) is 13.4. The lowest BCUT2D eigenvalue weighted by Gasteiger charge is -2.08. The molecule has 59 heavy (non-hydrogen) atoms. The molecule has 2 aliphatic rings. The van der Waals surface area contributed by atoms with Gasteiger partial charge in [0.25, 0.3) is 0 Å². The zero-order chi connectivity index (χ0) is 41.7. The number of benzene rings is 6. The normalized spacial score (nSPS) is 15.2. The van der Waals surface area contributed by atoms with Crippen LogP contribution in [0.2, 0.25) is 0 Å². The predicted octanol–water partition coefficient (Wildman–Crippen LogP) is 12.7. The Morgan fingerprint density at radius 2 is 0.932 bits per heavy atom. The zero-order valence-corrected chi connectivity index (χ0v) is 33.8. The highest BCUT2D eigenvalue weighted by atomic mass is 79.9. The molecule has 6 aromatic rings. The van der Waals surface area contributed by atoms with E-state index in [1.54, 1.807) is 12.2 Å². The van der Waals surface area contributed by atoms with Crippen LogP contribution in [0.5, 0.6) is 5.75 Å². The molecule has 0 bridgehead atoms. The first-order chi connectivity index (χ1) is 28.7. The largest absolute Gasteiger partial charge is 0.490 e. The summed E-state index contributed by atoms with van der Waals surface area (Å²) in [4.78, 5) is 8.76. The highest BCUT2D eigenvalue weighted by molar-refractivity contribution is 9.09. The number of allylic oxidation sites excluding steroid dienone is 1. The van der Waals surface area contributed by atoms with E-state index in [1.807, 2.05) is 72.8 Å². The van der Waals surface area contributed by atoms with Crippen LogP contribution < -0.4 is 4.74 Å². The van der Waals surface area contributed by atoms with Crippen LogP contribution in [0.1, 0.15) is 39.9 Å². The van der Waals surface area contributed by atoms with Crippen LogP contribution in [0.15, 0.2) is 169 Å². The summed E-state index contributed by atoms with van der Waals surface area (Å²) >= 11 is 3.13. The monoisotopic (exact) mass is 860 g/mol. The van der Waals surface area contributed by atoms with Crippen molar-refractivity contribution in [3.63, 3.8) is 0 Å². The number of ether oxygens (including phenoxy) is 3. The van der Waals surface area contributed by atoms with E-state index in [4.69, 9.17) is 14.2 Å². The number of halogens is 5. The summed E-state index contributed by atoms with van der Waals surface area (Å²) < 4.78 is 72.1. The zero-order valence-electron chi connectivity index (χ0n) is 32.3. The Hall–Kier alpha value is -6.26. The van der Waals surface area contributed by atoms with Crippen LogP contribution in [0.3, 0.4) is 0 Å². The van der Waals surface area contributed by atoms with Crippen molar-refractivity contribution in [3.05, 3.63) is 210 Å². The first kappa shape index (κ1) is 42.3. The standard InChI is InChI=1S/C24H19F2NO2.C22H17F2NO.C3H5Br/c1-2-14-28-19-12-10-17(11-13-19)16-6-8-18(9-7-16)22-15-29-24(27-22)23-20(25)4-3-5-21(23)26;1-14-5-7-15(8-6-14)16-9-11-17(12-10-16)20-13-26-22(25-20)21-18(23)3-2-4-19(21)24;1-2-3-4/h2-13,22H,1,14-15H2;2-12,20H,13H2,1H3;2H,1,3H2. The Morgan fingerprint density at radius 1 is 0.576 bits per heavy atom. The average Bonchev–Trinajstić information content (AvgIpc) is 3.95. The molecule has 2 heterocycles. The van der Waals surface area contributed by atoms with E-state index in [0.29, 0.717) is 6.61 Å². The smallest absolute Gasteiger partial charge is 0.222 e. The van der Waals surface area contributed by atoms with Gasteiger partial charge in [0.1, 0.15) is 72.0 Å². The van der Waals surface area contributed by atoms with Gasteiger partial charge in [0.05, 0.1) is 0 Å². The van der Waals surface area contributed by atoms with Gasteiger partial charge in [0, 0.05) is 5.33 Å². The molecule has 5 nitrogen and oxygen atoms in total. The Bertz CT molecular complexity index is 2380. The SMILES string of the molecule is C=CCBr.C=CCOc1ccc(-c2ccc(C3COC(c4c(F)cccc4F)=N3)cc2)cc1.Cc1ccc(-c2ccc(C3COC(c4c(F)cccc4F)=N3)cc2)cc1. The minimum absolute atomic E-state index is 0.00443. The summed E-state index contributed by atoms with van der Waals surface area (Å²) in [5, 5.41) is 0.896. The van der Waals surface area contributed by atoms with E-state index in [2.05, 4.69) is 70.3 Å². The van der Waals surface area contributed by atoms with Gasteiger partial charge in [0.2, 0.25) is 11.8 Å². The summed E-state index contributed by atoms with van der Waals surface area (Å²) in [6.07, 6.45) is 3.49. The van der Waals surface area contributed by atoms with E-state index in [-0.39, 0.29) is 48.2 Å². The van der Waals surface area contributed by atoms with Crippen molar-refractivity contribution >= 4 is 27.7 Å². The summed E-state index contributed by atoms with van der Waals surface area (Å²) in [6.45, 7) is 10.1. The van der Waals surface area contributed by atoms with Gasteiger partial charge in [-0.1, -0.05) is 137 Å². The van der Waals surface area contributed by atoms with Crippen molar-refractivity contribution in [2.75, 3.05) is 25.2 Å². The third kappa shape index (κ3) is 10.8. The van der Waals surface area contributed by atoms with Gasteiger partial charge in [-0.25, -0.2) is 27.5 Å². The van der Waals surface area contributed by atoms with E-state index >= 15 is 0 Å². The molecule has 2 aliphatic heterocycles. The summed E-state index contributed by atoms with van der Waals surface area (Å²) in [7, 11) is 0. The maximum Gasteiger partial charge on any atom is 0.222 e. The van der Waals surface area contributed by atoms with Crippen LogP contribution >= 0.6 is 15.9 Å². The molecule has 0 aromatic heterocycles. The molecule has 300 valence electrons. The minimum atomic E-state index is -0.680. The maximum atomic E-state index is 14.0. The molecular weight excluding hydrogens is 820 g/mol. The van der Waals surface area contributed by atoms with Gasteiger partial charge >= 0.3 is 0 Å².